The Morgan fingerprint density at radius 3 is 2.89 bits per heavy atom. The quantitative estimate of drug-likeness (QED) is 0.595. The summed E-state index contributed by atoms with van der Waals surface area (Å²) in [5, 5.41) is 0. The number of methoxy groups -OCH3 is 1. The first-order valence-corrected chi connectivity index (χ1v) is 5.71. The Morgan fingerprint density at radius 1 is 1.53 bits per heavy atom. The molecule has 0 saturated carbocycles. The number of fused-ring (bicyclic) bond motifs is 1. The number of ether oxygens (including phenoxy) is 2. The molecular weight excluding hydrogens is 250 g/mol. The zero-order valence-electron chi connectivity index (χ0n) is 10.6. The number of esters is 1. The van der Waals surface area contributed by atoms with Crippen molar-refractivity contribution in [3.05, 3.63) is 23.8 Å². The van der Waals surface area contributed by atoms with E-state index in [4.69, 9.17) is 4.74 Å². The highest BCUT2D eigenvalue weighted by atomic mass is 16.5. The number of rotatable bonds is 3. The van der Waals surface area contributed by atoms with Gasteiger partial charge in [0.2, 0.25) is 0 Å². The van der Waals surface area contributed by atoms with Crippen molar-refractivity contribution in [3.8, 4) is 5.75 Å². The molecule has 0 N–H and O–H groups in total. The lowest BCUT2D eigenvalue weighted by atomic mass is 10.1. The first-order valence-electron chi connectivity index (χ1n) is 5.71. The van der Waals surface area contributed by atoms with Gasteiger partial charge in [0.15, 0.2) is 6.10 Å². The van der Waals surface area contributed by atoms with Crippen LogP contribution in [0, 0.1) is 0 Å². The summed E-state index contributed by atoms with van der Waals surface area (Å²) in [5.41, 5.74) is 0.803. The molecule has 100 valence electrons. The van der Waals surface area contributed by atoms with Gasteiger partial charge in [-0.3, -0.25) is 19.3 Å². The molecular formula is C13H13NO5. The van der Waals surface area contributed by atoms with Gasteiger partial charge in [-0.2, -0.15) is 0 Å². The number of carbonyl (C=O) groups is 3. The van der Waals surface area contributed by atoms with Crippen molar-refractivity contribution in [1.82, 2.24) is 0 Å². The number of anilines is 1. The second kappa shape index (κ2) is 5.09. The van der Waals surface area contributed by atoms with E-state index in [9.17, 15) is 14.4 Å². The molecule has 0 fully saturated rings. The largest absolute Gasteiger partial charge is 0.479 e. The summed E-state index contributed by atoms with van der Waals surface area (Å²) in [5.74, 6) is -0.424. The normalized spacial score (nSPS) is 17.5. The average Bonchev–Trinajstić information content (AvgIpc) is 2.43. The van der Waals surface area contributed by atoms with E-state index in [0.717, 1.165) is 0 Å². The van der Waals surface area contributed by atoms with Gasteiger partial charge in [-0.05, 0) is 25.1 Å². The molecule has 1 amide bonds. The Kier molecular flexibility index (Phi) is 3.50. The van der Waals surface area contributed by atoms with E-state index in [1.807, 2.05) is 0 Å². The molecule has 6 heteroatoms. The van der Waals surface area contributed by atoms with Crippen molar-refractivity contribution in [3.63, 3.8) is 0 Å². The summed E-state index contributed by atoms with van der Waals surface area (Å²) in [6, 6.07) is 4.70. The van der Waals surface area contributed by atoms with Gasteiger partial charge < -0.3 is 9.47 Å². The Bertz CT molecular complexity index is 540. The summed E-state index contributed by atoms with van der Waals surface area (Å²) >= 11 is 0. The van der Waals surface area contributed by atoms with E-state index in [-0.39, 0.29) is 12.5 Å². The zero-order chi connectivity index (χ0) is 14.0. The van der Waals surface area contributed by atoms with Crippen LogP contribution < -0.4 is 9.64 Å². The van der Waals surface area contributed by atoms with Gasteiger partial charge in [0, 0.05) is 5.56 Å². The minimum Gasteiger partial charge on any atom is -0.479 e. The summed E-state index contributed by atoms with van der Waals surface area (Å²) in [7, 11) is 1.25. The summed E-state index contributed by atoms with van der Waals surface area (Å²) in [4.78, 5) is 35.5. The van der Waals surface area contributed by atoms with E-state index in [0.29, 0.717) is 23.3 Å². The first kappa shape index (κ1) is 13.1. The number of amides is 1. The van der Waals surface area contributed by atoms with Gasteiger partial charge >= 0.3 is 5.97 Å². The molecule has 1 unspecified atom stereocenters. The lowest BCUT2D eigenvalue weighted by molar-refractivity contribution is -0.140. The van der Waals surface area contributed by atoms with Gasteiger partial charge in [0.25, 0.3) is 5.91 Å². The second-order valence-corrected chi connectivity index (χ2v) is 4.11. The molecule has 0 radical (unpaired) electrons. The van der Waals surface area contributed by atoms with Gasteiger partial charge in [0.1, 0.15) is 18.6 Å². The van der Waals surface area contributed by atoms with E-state index in [2.05, 4.69) is 4.74 Å². The van der Waals surface area contributed by atoms with Crippen molar-refractivity contribution in [2.75, 3.05) is 18.6 Å². The van der Waals surface area contributed by atoms with E-state index in [1.165, 1.54) is 18.1 Å². The topological polar surface area (TPSA) is 72.9 Å². The maximum absolute atomic E-state index is 12.0. The number of benzene rings is 1. The molecule has 0 aliphatic carbocycles. The Hall–Kier alpha value is -2.37. The van der Waals surface area contributed by atoms with Crippen LogP contribution in [0.2, 0.25) is 0 Å². The third-order valence-corrected chi connectivity index (χ3v) is 2.84. The molecule has 1 aromatic rings. The monoisotopic (exact) mass is 263 g/mol. The summed E-state index contributed by atoms with van der Waals surface area (Å²) in [6.07, 6.45) is -0.0155. The van der Waals surface area contributed by atoms with Crippen LogP contribution in [0.4, 0.5) is 5.69 Å². The van der Waals surface area contributed by atoms with Crippen molar-refractivity contribution in [2.45, 2.75) is 13.0 Å². The molecule has 0 spiro atoms. The highest BCUT2D eigenvalue weighted by molar-refractivity contribution is 6.03. The molecule has 1 aliphatic rings. The van der Waals surface area contributed by atoms with Crippen molar-refractivity contribution in [2.24, 2.45) is 0 Å². The van der Waals surface area contributed by atoms with Crippen LogP contribution in [-0.2, 0) is 14.3 Å². The van der Waals surface area contributed by atoms with E-state index in [1.54, 1.807) is 19.1 Å². The lowest BCUT2D eigenvalue weighted by Crippen LogP contribution is -2.47. The van der Waals surface area contributed by atoms with E-state index >= 15 is 0 Å². The van der Waals surface area contributed by atoms with Crippen LogP contribution in [0.1, 0.15) is 17.3 Å². The third-order valence-electron chi connectivity index (χ3n) is 2.84. The molecule has 2 rings (SSSR count). The molecule has 1 heterocycles. The van der Waals surface area contributed by atoms with E-state index < -0.39 is 12.1 Å². The maximum atomic E-state index is 12.0. The SMILES string of the molecule is COC(=O)CN1C(=O)C(C)Oc2ccc(C=O)cc21. The third kappa shape index (κ3) is 2.42. The molecule has 1 aliphatic heterocycles. The fourth-order valence-electron chi connectivity index (χ4n) is 1.85. The van der Waals surface area contributed by atoms with Crippen LogP contribution >= 0.6 is 0 Å². The summed E-state index contributed by atoms with van der Waals surface area (Å²) in [6.45, 7) is 1.39. The van der Waals surface area contributed by atoms with Crippen molar-refractivity contribution >= 4 is 23.9 Å². The summed E-state index contributed by atoms with van der Waals surface area (Å²) < 4.78 is 9.99. The number of hydrogen-bond donors (Lipinski definition) is 0. The molecule has 0 aromatic heterocycles. The number of hydrogen-bond acceptors (Lipinski definition) is 5. The van der Waals surface area contributed by atoms with Crippen LogP contribution in [0.5, 0.6) is 5.75 Å². The van der Waals surface area contributed by atoms with Gasteiger partial charge in [-0.25, -0.2) is 0 Å². The smallest absolute Gasteiger partial charge is 0.325 e. The first-order chi connectivity index (χ1) is 9.06. The zero-order valence-corrected chi connectivity index (χ0v) is 10.6. The number of carbonyl (C=O) groups excluding carboxylic acids is 3. The second-order valence-electron chi connectivity index (χ2n) is 4.11. The molecule has 6 nitrogen and oxygen atoms in total. The average molecular weight is 263 g/mol. The molecule has 1 aromatic carbocycles. The van der Waals surface area contributed by atoms with Crippen LogP contribution in [-0.4, -0.2) is 37.9 Å². The van der Waals surface area contributed by atoms with Gasteiger partial charge in [-0.15, -0.1) is 0 Å². The number of aldehydes is 1. The van der Waals surface area contributed by atoms with Crippen LogP contribution in [0.25, 0.3) is 0 Å². The van der Waals surface area contributed by atoms with Crippen LogP contribution in [0.3, 0.4) is 0 Å². The van der Waals surface area contributed by atoms with Gasteiger partial charge in [-0.1, -0.05) is 0 Å². The Morgan fingerprint density at radius 2 is 2.26 bits per heavy atom. The fourth-order valence-corrected chi connectivity index (χ4v) is 1.85. The highest BCUT2D eigenvalue weighted by Gasteiger charge is 2.33. The lowest BCUT2D eigenvalue weighted by Gasteiger charge is -2.32. The Balaban J connectivity index is 2.43. The minimum absolute atomic E-state index is 0.210. The van der Waals surface area contributed by atoms with Gasteiger partial charge in [0.05, 0.1) is 12.8 Å². The molecule has 19 heavy (non-hydrogen) atoms. The van der Waals surface area contributed by atoms with Crippen molar-refractivity contribution < 1.29 is 23.9 Å². The molecule has 0 bridgehead atoms. The predicted octanol–water partition coefficient (Wildman–Crippen LogP) is 0.786. The maximum Gasteiger partial charge on any atom is 0.325 e. The predicted molar refractivity (Wildman–Crippen MR) is 66.3 cm³/mol. The fraction of sp³-hybridized carbons (Fsp3) is 0.308. The van der Waals surface area contributed by atoms with Crippen LogP contribution in [0.15, 0.2) is 18.2 Å². The molecule has 1 atom stereocenters. The minimum atomic E-state index is -0.681. The number of nitrogens with zero attached hydrogens (tertiary/aromatic N) is 1. The standard InChI is InChI=1S/C13H13NO5/c1-8-13(17)14(6-12(16)18-2)10-5-9(7-15)3-4-11(10)19-8/h3-5,7-8H,6H2,1-2H3. The Labute approximate surface area is 109 Å². The molecule has 0 saturated heterocycles. The highest BCUT2D eigenvalue weighted by Crippen LogP contribution is 2.34. The van der Waals surface area contributed by atoms with Crippen molar-refractivity contribution in [1.29, 1.82) is 0 Å².